The van der Waals surface area contributed by atoms with Crippen molar-refractivity contribution < 1.29 is 9.47 Å². The number of fused-ring (bicyclic) bond motifs is 1. The van der Waals surface area contributed by atoms with E-state index in [4.69, 9.17) is 9.47 Å². The summed E-state index contributed by atoms with van der Waals surface area (Å²) in [6, 6.07) is 7.55. The monoisotopic (exact) mass is 296 g/mol. The largest absolute Gasteiger partial charge is 0.464 e. The van der Waals surface area contributed by atoms with Crippen LogP contribution in [0, 0.1) is 5.92 Å². The van der Waals surface area contributed by atoms with Gasteiger partial charge in [-0.1, -0.05) is 12.1 Å². The van der Waals surface area contributed by atoms with Gasteiger partial charge in [0.2, 0.25) is 0 Å². The normalized spacial score (nSPS) is 15.8. The summed E-state index contributed by atoms with van der Waals surface area (Å²) in [6.07, 6.45) is 2.00. The Hall–Kier alpha value is -1.59. The van der Waals surface area contributed by atoms with Crippen molar-refractivity contribution in [3.8, 4) is 6.01 Å². The van der Waals surface area contributed by atoms with Crippen LogP contribution in [0.25, 0.3) is 10.9 Å². The number of aromatic amines is 1. The first-order valence-corrected chi connectivity index (χ1v) is 6.52. The number of hydrogen-bond acceptors (Lipinski definition) is 4. The molecule has 0 radical (unpaired) electrons. The number of benzene rings is 1. The van der Waals surface area contributed by atoms with Crippen LogP contribution in [0.1, 0.15) is 12.8 Å². The lowest BCUT2D eigenvalue weighted by Gasteiger charge is -2.21. The fourth-order valence-electron chi connectivity index (χ4n) is 2.24. The molecule has 0 amide bonds. The molecule has 108 valence electrons. The number of hydrogen-bond donors (Lipinski definition) is 1. The van der Waals surface area contributed by atoms with Crippen molar-refractivity contribution in [1.82, 2.24) is 9.97 Å². The highest BCUT2D eigenvalue weighted by Crippen LogP contribution is 2.16. The van der Waals surface area contributed by atoms with Crippen LogP contribution in [0.2, 0.25) is 0 Å². The van der Waals surface area contributed by atoms with E-state index < -0.39 is 0 Å². The molecule has 1 N–H and O–H groups in total. The second-order valence-corrected chi connectivity index (χ2v) is 4.75. The number of nitrogens with zero attached hydrogens (tertiary/aromatic N) is 1. The third kappa shape index (κ3) is 3.29. The van der Waals surface area contributed by atoms with Crippen LogP contribution in [-0.2, 0) is 4.74 Å². The molecule has 0 atom stereocenters. The first kappa shape index (κ1) is 14.8. The molecule has 1 saturated heterocycles. The van der Waals surface area contributed by atoms with Gasteiger partial charge in [-0.2, -0.15) is 4.98 Å². The second kappa shape index (κ2) is 6.72. The smallest absolute Gasteiger partial charge is 0.297 e. The van der Waals surface area contributed by atoms with Gasteiger partial charge in [0.05, 0.1) is 17.5 Å². The topological polar surface area (TPSA) is 64.2 Å². The van der Waals surface area contributed by atoms with E-state index in [0.29, 0.717) is 29.4 Å². The van der Waals surface area contributed by atoms with Crippen molar-refractivity contribution in [3.63, 3.8) is 0 Å². The second-order valence-electron chi connectivity index (χ2n) is 4.75. The molecular formula is C14H17ClN2O3. The van der Waals surface area contributed by atoms with Crippen LogP contribution in [0.15, 0.2) is 29.1 Å². The van der Waals surface area contributed by atoms with E-state index in [-0.39, 0.29) is 18.0 Å². The van der Waals surface area contributed by atoms with Gasteiger partial charge in [0.15, 0.2) is 0 Å². The van der Waals surface area contributed by atoms with Crippen molar-refractivity contribution in [2.45, 2.75) is 12.8 Å². The maximum atomic E-state index is 11.9. The summed E-state index contributed by atoms with van der Waals surface area (Å²) < 4.78 is 10.9. The lowest BCUT2D eigenvalue weighted by molar-refractivity contribution is 0.0482. The van der Waals surface area contributed by atoms with Crippen molar-refractivity contribution in [2.24, 2.45) is 5.92 Å². The van der Waals surface area contributed by atoms with Crippen molar-refractivity contribution >= 4 is 23.3 Å². The molecule has 1 aliphatic heterocycles. The summed E-state index contributed by atoms with van der Waals surface area (Å²) in [7, 11) is 0. The maximum absolute atomic E-state index is 11.9. The van der Waals surface area contributed by atoms with Gasteiger partial charge in [-0.25, -0.2) is 0 Å². The molecule has 0 saturated carbocycles. The molecular weight excluding hydrogens is 280 g/mol. The zero-order valence-electron chi connectivity index (χ0n) is 11.0. The van der Waals surface area contributed by atoms with Gasteiger partial charge in [0.1, 0.15) is 0 Å². The molecule has 6 heteroatoms. The van der Waals surface area contributed by atoms with Crippen LogP contribution in [0.3, 0.4) is 0 Å². The number of para-hydroxylation sites is 1. The fraction of sp³-hybridized carbons (Fsp3) is 0.429. The van der Waals surface area contributed by atoms with Crippen LogP contribution in [0.5, 0.6) is 6.01 Å². The third-order valence-corrected chi connectivity index (χ3v) is 3.39. The Labute approximate surface area is 122 Å². The zero-order chi connectivity index (χ0) is 13.1. The van der Waals surface area contributed by atoms with E-state index in [1.165, 1.54) is 0 Å². The predicted molar refractivity (Wildman–Crippen MR) is 78.6 cm³/mol. The van der Waals surface area contributed by atoms with Gasteiger partial charge in [-0.15, -0.1) is 12.4 Å². The van der Waals surface area contributed by atoms with Gasteiger partial charge in [0.25, 0.3) is 11.6 Å². The number of aromatic nitrogens is 2. The van der Waals surface area contributed by atoms with Crippen molar-refractivity contribution in [3.05, 3.63) is 34.6 Å². The Balaban J connectivity index is 0.00000147. The molecule has 2 heterocycles. The molecule has 0 unspecified atom stereocenters. The summed E-state index contributed by atoms with van der Waals surface area (Å²) in [5.41, 5.74) is 0.501. The Morgan fingerprint density at radius 2 is 2.05 bits per heavy atom. The van der Waals surface area contributed by atoms with Gasteiger partial charge in [-0.3, -0.25) is 9.78 Å². The standard InChI is InChI=1S/C14H16N2O3.ClH/c17-13-11-3-1-2-4-12(11)15-14(16-13)19-9-10-5-7-18-8-6-10;/h1-4,10H,5-9H2,(H,15,16,17);1H. The molecule has 0 bridgehead atoms. The molecule has 1 aromatic heterocycles. The summed E-state index contributed by atoms with van der Waals surface area (Å²) >= 11 is 0. The van der Waals surface area contributed by atoms with Crippen molar-refractivity contribution in [1.29, 1.82) is 0 Å². The number of nitrogens with one attached hydrogen (secondary N) is 1. The average molecular weight is 297 g/mol. The van der Waals surface area contributed by atoms with E-state index in [1.807, 2.05) is 18.2 Å². The van der Waals surface area contributed by atoms with E-state index in [0.717, 1.165) is 26.1 Å². The number of H-pyrrole nitrogens is 1. The van der Waals surface area contributed by atoms with Crippen LogP contribution < -0.4 is 10.3 Å². The minimum atomic E-state index is -0.160. The highest BCUT2D eigenvalue weighted by atomic mass is 35.5. The Morgan fingerprint density at radius 1 is 1.30 bits per heavy atom. The molecule has 0 spiro atoms. The summed E-state index contributed by atoms with van der Waals surface area (Å²) in [5, 5.41) is 0.584. The Bertz CT molecular complexity index is 623. The fourth-order valence-corrected chi connectivity index (χ4v) is 2.24. The molecule has 1 aromatic carbocycles. The highest BCUT2D eigenvalue weighted by molar-refractivity contribution is 5.85. The summed E-state index contributed by atoms with van der Waals surface area (Å²) in [4.78, 5) is 18.8. The van der Waals surface area contributed by atoms with E-state index in [2.05, 4.69) is 9.97 Å². The van der Waals surface area contributed by atoms with E-state index >= 15 is 0 Å². The zero-order valence-corrected chi connectivity index (χ0v) is 11.8. The molecule has 5 nitrogen and oxygen atoms in total. The average Bonchev–Trinajstić information content (AvgIpc) is 2.46. The molecule has 0 aliphatic carbocycles. The molecule has 2 aromatic rings. The molecule has 20 heavy (non-hydrogen) atoms. The minimum absolute atomic E-state index is 0. The van der Waals surface area contributed by atoms with Crippen LogP contribution >= 0.6 is 12.4 Å². The molecule has 1 fully saturated rings. The third-order valence-electron chi connectivity index (χ3n) is 3.39. The first-order chi connectivity index (χ1) is 9.33. The SMILES string of the molecule is Cl.O=c1[nH]c(OCC2CCOCC2)nc2ccccc12. The summed E-state index contributed by atoms with van der Waals surface area (Å²) in [5.74, 6) is 0.477. The van der Waals surface area contributed by atoms with Gasteiger partial charge in [-0.05, 0) is 30.9 Å². The van der Waals surface area contributed by atoms with Gasteiger partial charge in [0, 0.05) is 13.2 Å². The van der Waals surface area contributed by atoms with E-state index in [1.54, 1.807) is 6.07 Å². The van der Waals surface area contributed by atoms with Gasteiger partial charge < -0.3 is 9.47 Å². The van der Waals surface area contributed by atoms with Crippen molar-refractivity contribution in [2.75, 3.05) is 19.8 Å². The molecule has 1 aliphatic rings. The first-order valence-electron chi connectivity index (χ1n) is 6.52. The minimum Gasteiger partial charge on any atom is -0.464 e. The van der Waals surface area contributed by atoms with Crippen LogP contribution in [0.4, 0.5) is 0 Å². The highest BCUT2D eigenvalue weighted by Gasteiger charge is 2.15. The van der Waals surface area contributed by atoms with E-state index in [9.17, 15) is 4.79 Å². The lowest BCUT2D eigenvalue weighted by atomic mass is 10.0. The molecule has 3 rings (SSSR count). The number of ether oxygens (including phenoxy) is 2. The number of rotatable bonds is 3. The van der Waals surface area contributed by atoms with Gasteiger partial charge >= 0.3 is 0 Å². The Morgan fingerprint density at radius 3 is 2.85 bits per heavy atom. The summed E-state index contributed by atoms with van der Waals surface area (Å²) in [6.45, 7) is 2.15. The van der Waals surface area contributed by atoms with Crippen LogP contribution in [-0.4, -0.2) is 29.8 Å². The number of halogens is 1. The predicted octanol–water partition coefficient (Wildman–Crippen LogP) is 2.15. The maximum Gasteiger partial charge on any atom is 0.297 e. The Kier molecular flexibility index (Phi) is 4.98. The quantitative estimate of drug-likeness (QED) is 0.942. The lowest BCUT2D eigenvalue weighted by Crippen LogP contribution is -2.22.